The Morgan fingerprint density at radius 3 is 2.63 bits per heavy atom. The van der Waals surface area contributed by atoms with E-state index in [2.05, 4.69) is 36.0 Å². The molecule has 5 heteroatoms. The van der Waals surface area contributed by atoms with Gasteiger partial charge in [-0.2, -0.15) is 0 Å². The zero-order valence-electron chi connectivity index (χ0n) is 18.4. The van der Waals surface area contributed by atoms with Crippen molar-refractivity contribution in [3.8, 4) is 0 Å². The summed E-state index contributed by atoms with van der Waals surface area (Å²) in [7, 11) is 0. The van der Waals surface area contributed by atoms with Gasteiger partial charge in [0.1, 0.15) is 5.82 Å². The summed E-state index contributed by atoms with van der Waals surface area (Å²) in [6.07, 6.45) is 6.56. The molecule has 0 aliphatic carbocycles. The molecule has 1 saturated heterocycles. The van der Waals surface area contributed by atoms with Crippen LogP contribution in [0.4, 0.5) is 4.39 Å². The van der Waals surface area contributed by atoms with Crippen LogP contribution in [-0.4, -0.2) is 28.4 Å². The van der Waals surface area contributed by atoms with Crippen LogP contribution in [0.25, 0.3) is 0 Å². The van der Waals surface area contributed by atoms with Crippen molar-refractivity contribution in [1.82, 2.24) is 15.2 Å². The number of rotatable bonds is 7. The third-order valence-corrected chi connectivity index (χ3v) is 5.63. The van der Waals surface area contributed by atoms with Crippen molar-refractivity contribution in [3.05, 3.63) is 65.7 Å². The van der Waals surface area contributed by atoms with Gasteiger partial charge in [-0.3, -0.25) is 14.7 Å². The molecule has 0 unspecified atom stereocenters. The van der Waals surface area contributed by atoms with Crippen LogP contribution in [0.2, 0.25) is 0 Å². The van der Waals surface area contributed by atoms with Crippen molar-refractivity contribution < 1.29 is 9.18 Å². The predicted molar refractivity (Wildman–Crippen MR) is 118 cm³/mol. The van der Waals surface area contributed by atoms with E-state index in [1.807, 2.05) is 30.3 Å². The Labute approximate surface area is 179 Å². The van der Waals surface area contributed by atoms with E-state index in [0.29, 0.717) is 12.5 Å². The summed E-state index contributed by atoms with van der Waals surface area (Å²) in [5.41, 5.74) is 1.97. The minimum Gasteiger partial charge on any atom is -0.348 e. The van der Waals surface area contributed by atoms with Crippen LogP contribution in [0.1, 0.15) is 70.2 Å². The van der Waals surface area contributed by atoms with E-state index in [-0.39, 0.29) is 23.2 Å². The molecule has 0 bridgehead atoms. The van der Waals surface area contributed by atoms with Crippen molar-refractivity contribution in [1.29, 1.82) is 0 Å². The number of carbonyl (C=O) groups is 1. The lowest BCUT2D eigenvalue weighted by Crippen LogP contribution is -2.42. The first-order chi connectivity index (χ1) is 14.3. The molecule has 2 atom stereocenters. The summed E-state index contributed by atoms with van der Waals surface area (Å²) in [6, 6.07) is 12.9. The largest absolute Gasteiger partial charge is 0.348 e. The molecule has 2 heterocycles. The molecule has 1 fully saturated rings. The Morgan fingerprint density at radius 1 is 1.20 bits per heavy atom. The molecule has 0 radical (unpaired) electrons. The molecule has 2 aromatic rings. The maximum atomic E-state index is 13.3. The van der Waals surface area contributed by atoms with Gasteiger partial charge in [0.25, 0.3) is 0 Å². The van der Waals surface area contributed by atoms with Crippen LogP contribution >= 0.6 is 0 Å². The van der Waals surface area contributed by atoms with E-state index in [1.54, 1.807) is 6.20 Å². The van der Waals surface area contributed by atoms with Crippen LogP contribution in [0.15, 0.2) is 48.7 Å². The number of amides is 1. The summed E-state index contributed by atoms with van der Waals surface area (Å²) >= 11 is 0. The fraction of sp³-hybridized carbons (Fsp3) is 0.520. The van der Waals surface area contributed by atoms with Crippen molar-refractivity contribution in [2.75, 3.05) is 6.54 Å². The number of hydrogen-bond donors (Lipinski definition) is 1. The quantitative estimate of drug-likeness (QED) is 0.676. The van der Waals surface area contributed by atoms with E-state index < -0.39 is 0 Å². The maximum Gasteiger partial charge on any atom is 0.221 e. The average Bonchev–Trinajstić information content (AvgIpc) is 2.70. The van der Waals surface area contributed by atoms with E-state index in [9.17, 15) is 9.18 Å². The monoisotopic (exact) mass is 411 g/mol. The fourth-order valence-electron chi connectivity index (χ4n) is 4.19. The Morgan fingerprint density at radius 2 is 1.97 bits per heavy atom. The first-order valence-electron chi connectivity index (χ1n) is 11.0. The topological polar surface area (TPSA) is 45.2 Å². The van der Waals surface area contributed by atoms with Gasteiger partial charge in [0.05, 0.1) is 11.7 Å². The van der Waals surface area contributed by atoms with Crippen LogP contribution < -0.4 is 5.32 Å². The number of halogens is 1. The summed E-state index contributed by atoms with van der Waals surface area (Å²) in [5.74, 6) is -0.134. The van der Waals surface area contributed by atoms with Gasteiger partial charge in [-0.05, 0) is 61.1 Å². The van der Waals surface area contributed by atoms with Crippen LogP contribution in [0, 0.1) is 11.2 Å². The van der Waals surface area contributed by atoms with E-state index in [1.165, 1.54) is 25.0 Å². The summed E-state index contributed by atoms with van der Waals surface area (Å²) in [4.78, 5) is 19.7. The number of benzene rings is 1. The van der Waals surface area contributed by atoms with Gasteiger partial charge in [0.2, 0.25) is 5.91 Å². The Bertz CT molecular complexity index is 801. The van der Waals surface area contributed by atoms with Gasteiger partial charge in [-0.15, -0.1) is 0 Å². The maximum absolute atomic E-state index is 13.3. The first-order valence-corrected chi connectivity index (χ1v) is 11.0. The number of nitrogens with zero attached hydrogens (tertiary/aromatic N) is 2. The third kappa shape index (κ3) is 6.91. The number of hydrogen-bond acceptors (Lipinski definition) is 3. The summed E-state index contributed by atoms with van der Waals surface area (Å²) in [5, 5.41) is 3.25. The van der Waals surface area contributed by atoms with Crippen LogP contribution in [-0.2, 0) is 11.3 Å². The highest BCUT2D eigenvalue weighted by molar-refractivity contribution is 5.77. The average molecular weight is 412 g/mol. The van der Waals surface area contributed by atoms with E-state index in [0.717, 1.165) is 37.2 Å². The number of carbonyl (C=O) groups excluding carboxylic acids is 1. The summed E-state index contributed by atoms with van der Waals surface area (Å²) in [6.45, 7) is 8.05. The molecule has 30 heavy (non-hydrogen) atoms. The normalized spacial score (nSPS) is 18.7. The van der Waals surface area contributed by atoms with Crippen LogP contribution in [0.3, 0.4) is 0 Å². The van der Waals surface area contributed by atoms with Gasteiger partial charge in [0.15, 0.2) is 0 Å². The molecule has 1 amide bonds. The molecule has 162 valence electrons. The lowest BCUT2D eigenvalue weighted by atomic mass is 9.90. The molecule has 1 aromatic carbocycles. The number of likely N-dealkylation sites (tertiary alicyclic amines) is 1. The highest BCUT2D eigenvalue weighted by atomic mass is 19.1. The minimum atomic E-state index is -0.203. The van der Waals surface area contributed by atoms with Crippen molar-refractivity contribution >= 4 is 5.91 Å². The summed E-state index contributed by atoms with van der Waals surface area (Å²) < 4.78 is 13.3. The molecule has 1 aromatic heterocycles. The van der Waals surface area contributed by atoms with E-state index >= 15 is 0 Å². The number of nitrogens with one attached hydrogen (secondary N) is 1. The number of piperidine rings is 1. The number of aromatic nitrogens is 1. The Kier molecular flexibility index (Phi) is 7.59. The van der Waals surface area contributed by atoms with Gasteiger partial charge < -0.3 is 5.32 Å². The lowest BCUT2D eigenvalue weighted by molar-refractivity contribution is -0.123. The molecule has 1 N–H and O–H groups in total. The molecule has 3 rings (SSSR count). The smallest absolute Gasteiger partial charge is 0.221 e. The molecule has 1 aliphatic heterocycles. The van der Waals surface area contributed by atoms with E-state index in [4.69, 9.17) is 0 Å². The number of pyridine rings is 1. The van der Waals surface area contributed by atoms with Gasteiger partial charge >= 0.3 is 0 Å². The van der Waals surface area contributed by atoms with Crippen molar-refractivity contribution in [2.24, 2.45) is 5.41 Å². The molecular weight excluding hydrogens is 377 g/mol. The zero-order chi connectivity index (χ0) is 21.6. The predicted octanol–water partition coefficient (Wildman–Crippen LogP) is 5.26. The first kappa shape index (κ1) is 22.4. The third-order valence-electron chi connectivity index (χ3n) is 5.63. The molecule has 4 nitrogen and oxygen atoms in total. The second-order valence-corrected chi connectivity index (χ2v) is 9.59. The Balaban J connectivity index is 1.73. The second-order valence-electron chi connectivity index (χ2n) is 9.59. The molecule has 0 spiro atoms. The van der Waals surface area contributed by atoms with Gasteiger partial charge in [-0.25, -0.2) is 4.39 Å². The van der Waals surface area contributed by atoms with Crippen molar-refractivity contribution in [3.63, 3.8) is 0 Å². The molecule has 1 aliphatic rings. The fourth-order valence-corrected chi connectivity index (χ4v) is 4.19. The highest BCUT2D eigenvalue weighted by Gasteiger charge is 2.28. The van der Waals surface area contributed by atoms with Gasteiger partial charge in [0, 0.05) is 25.2 Å². The molecular formula is C25H34FN3O. The minimum absolute atomic E-state index is 0.0573. The van der Waals surface area contributed by atoms with Gasteiger partial charge in [-0.1, -0.05) is 45.4 Å². The lowest BCUT2D eigenvalue weighted by Gasteiger charge is -2.38. The highest BCUT2D eigenvalue weighted by Crippen LogP contribution is 2.28. The zero-order valence-corrected chi connectivity index (χ0v) is 18.4. The SMILES string of the molecule is CC(C)(C)CC(=O)N[C@H](C[C@H]1CCCCN1Cc1ccc(F)cc1)c1ccccn1. The Hall–Kier alpha value is -2.27. The second kappa shape index (κ2) is 10.2. The van der Waals surface area contributed by atoms with Crippen molar-refractivity contribution in [2.45, 2.75) is 71.5 Å². The standard InChI is InChI=1S/C25H34FN3O/c1-25(2,3)17-24(30)28-23(22-9-4-6-14-27-22)16-21-8-5-7-15-29(21)18-19-10-12-20(26)13-11-19/h4,6,9-14,21,23H,5,7-8,15-18H2,1-3H3,(H,28,30)/t21-,23-/m1/s1. The molecule has 0 saturated carbocycles. The van der Waals surface area contributed by atoms with Crippen LogP contribution in [0.5, 0.6) is 0 Å².